The molecule has 3 fully saturated rings. The van der Waals surface area contributed by atoms with Crippen LogP contribution in [-0.4, -0.2) is 47.8 Å². The molecule has 3 aliphatic rings. The summed E-state index contributed by atoms with van der Waals surface area (Å²) in [6, 6.07) is 6.71. The fraction of sp³-hybridized carbons (Fsp3) is 0.650. The van der Waals surface area contributed by atoms with Crippen molar-refractivity contribution in [1.82, 2.24) is 10.2 Å². The monoisotopic (exact) mass is 380 g/mol. The third kappa shape index (κ3) is 3.25. The molecule has 4 rings (SSSR count). The molecule has 3 aliphatic heterocycles. The van der Waals surface area contributed by atoms with Crippen molar-refractivity contribution in [3.63, 3.8) is 0 Å². The highest BCUT2D eigenvalue weighted by molar-refractivity contribution is 6.31. The van der Waals surface area contributed by atoms with Crippen molar-refractivity contribution in [3.05, 3.63) is 34.3 Å². The Balaban J connectivity index is 1.44. The van der Waals surface area contributed by atoms with E-state index >= 15 is 0 Å². The zero-order valence-corrected chi connectivity index (χ0v) is 15.9. The van der Waals surface area contributed by atoms with E-state index in [9.17, 15) is 9.18 Å². The van der Waals surface area contributed by atoms with Gasteiger partial charge in [0, 0.05) is 42.5 Å². The number of carbonyl (C=O) groups excluding carboxylic acids is 1. The van der Waals surface area contributed by atoms with Crippen LogP contribution >= 0.6 is 11.6 Å². The van der Waals surface area contributed by atoms with E-state index in [2.05, 4.69) is 23.2 Å². The molecule has 0 unspecified atom stereocenters. The third-order valence-electron chi connectivity index (χ3n) is 6.38. The first-order valence-electron chi connectivity index (χ1n) is 9.55. The quantitative estimate of drug-likeness (QED) is 0.870. The van der Waals surface area contributed by atoms with Gasteiger partial charge in [-0.25, -0.2) is 4.39 Å². The molecule has 3 saturated heterocycles. The van der Waals surface area contributed by atoms with Gasteiger partial charge in [-0.05, 0) is 43.4 Å². The maximum Gasteiger partial charge on any atom is 0.258 e. The van der Waals surface area contributed by atoms with E-state index in [-0.39, 0.29) is 24.9 Å². The van der Waals surface area contributed by atoms with Crippen LogP contribution in [0.25, 0.3) is 0 Å². The van der Waals surface area contributed by atoms with E-state index < -0.39 is 11.6 Å². The molecule has 26 heavy (non-hydrogen) atoms. The lowest BCUT2D eigenvalue weighted by Gasteiger charge is -2.31. The van der Waals surface area contributed by atoms with Crippen LogP contribution in [0.15, 0.2) is 18.2 Å². The second-order valence-electron chi connectivity index (χ2n) is 7.90. The van der Waals surface area contributed by atoms with Crippen molar-refractivity contribution in [2.24, 2.45) is 0 Å². The maximum atomic E-state index is 14.9. The SMILES string of the molecule is Cc1cccc(Cl)c1CN1[C@@H]2CC[C@H]1[C@@H](NC(=O)C1(F)CCOCC1)C2. The summed E-state index contributed by atoms with van der Waals surface area (Å²) in [7, 11) is 0. The van der Waals surface area contributed by atoms with Crippen LogP contribution in [0.4, 0.5) is 4.39 Å². The summed E-state index contributed by atoms with van der Waals surface area (Å²) >= 11 is 6.41. The van der Waals surface area contributed by atoms with Crippen LogP contribution in [0.5, 0.6) is 0 Å². The van der Waals surface area contributed by atoms with Gasteiger partial charge in [-0.1, -0.05) is 23.7 Å². The first-order chi connectivity index (χ1) is 12.5. The molecule has 1 amide bonds. The van der Waals surface area contributed by atoms with E-state index in [0.717, 1.165) is 36.4 Å². The van der Waals surface area contributed by atoms with Gasteiger partial charge in [-0.3, -0.25) is 9.69 Å². The van der Waals surface area contributed by atoms with Crippen molar-refractivity contribution in [2.75, 3.05) is 13.2 Å². The van der Waals surface area contributed by atoms with Crippen LogP contribution in [0.3, 0.4) is 0 Å². The fourth-order valence-electron chi connectivity index (χ4n) is 4.77. The topological polar surface area (TPSA) is 41.6 Å². The van der Waals surface area contributed by atoms with Crippen molar-refractivity contribution >= 4 is 17.5 Å². The number of aryl methyl sites for hydroxylation is 1. The molecule has 1 aromatic carbocycles. The minimum Gasteiger partial charge on any atom is -0.381 e. The largest absolute Gasteiger partial charge is 0.381 e. The maximum absolute atomic E-state index is 14.9. The standard InChI is InChI=1S/C20H26ClFN2O2/c1-13-3-2-4-16(21)15(13)12-24-14-5-6-18(24)17(11-14)23-19(25)20(22)7-9-26-10-8-20/h2-4,14,17-18H,5-12H2,1H3,(H,23,25)/t14-,17+,18+/m1/s1. The Hall–Kier alpha value is -1.17. The van der Waals surface area contributed by atoms with Crippen molar-refractivity contribution in [1.29, 1.82) is 0 Å². The van der Waals surface area contributed by atoms with Gasteiger partial charge in [0.2, 0.25) is 0 Å². The lowest BCUT2D eigenvalue weighted by Crippen LogP contribution is -2.53. The van der Waals surface area contributed by atoms with Crippen molar-refractivity contribution in [2.45, 2.75) is 69.4 Å². The van der Waals surface area contributed by atoms with E-state index in [1.807, 2.05) is 12.1 Å². The predicted molar refractivity (Wildman–Crippen MR) is 99.0 cm³/mol. The summed E-state index contributed by atoms with van der Waals surface area (Å²) in [6.07, 6.45) is 3.38. The van der Waals surface area contributed by atoms with E-state index in [4.69, 9.17) is 16.3 Å². The van der Waals surface area contributed by atoms with Gasteiger partial charge < -0.3 is 10.1 Å². The van der Waals surface area contributed by atoms with E-state index in [1.54, 1.807) is 0 Å². The Kier molecular flexibility index (Phi) is 4.97. The minimum atomic E-state index is -1.77. The average Bonchev–Trinajstić information content (AvgIpc) is 3.15. The Morgan fingerprint density at radius 3 is 2.88 bits per heavy atom. The molecule has 0 radical (unpaired) electrons. The van der Waals surface area contributed by atoms with Crippen molar-refractivity contribution < 1.29 is 13.9 Å². The van der Waals surface area contributed by atoms with Crippen LogP contribution in [-0.2, 0) is 16.1 Å². The number of hydrogen-bond acceptors (Lipinski definition) is 3. The molecule has 4 nitrogen and oxygen atoms in total. The number of carbonyl (C=O) groups is 1. The highest BCUT2D eigenvalue weighted by Gasteiger charge is 2.49. The first kappa shape index (κ1) is 18.2. The van der Waals surface area contributed by atoms with Crippen molar-refractivity contribution in [3.8, 4) is 0 Å². The summed E-state index contributed by atoms with van der Waals surface area (Å²) in [5.41, 5.74) is 0.572. The lowest BCUT2D eigenvalue weighted by atomic mass is 9.92. The van der Waals surface area contributed by atoms with Gasteiger partial charge in [-0.15, -0.1) is 0 Å². The van der Waals surface area contributed by atoms with Crippen LogP contribution in [0, 0.1) is 6.92 Å². The van der Waals surface area contributed by atoms with E-state index in [0.29, 0.717) is 19.3 Å². The first-order valence-corrected chi connectivity index (χ1v) is 9.93. The minimum absolute atomic E-state index is 0.0273. The second-order valence-corrected chi connectivity index (χ2v) is 8.31. The molecule has 3 heterocycles. The summed E-state index contributed by atoms with van der Waals surface area (Å²) in [5, 5.41) is 3.81. The van der Waals surface area contributed by atoms with Crippen LogP contribution in [0.1, 0.15) is 43.2 Å². The average molecular weight is 381 g/mol. The number of nitrogens with one attached hydrogen (secondary N) is 1. The van der Waals surface area contributed by atoms with E-state index in [1.165, 1.54) is 5.56 Å². The number of alkyl halides is 1. The van der Waals surface area contributed by atoms with Gasteiger partial charge in [0.15, 0.2) is 5.67 Å². The van der Waals surface area contributed by atoms with Gasteiger partial charge >= 0.3 is 0 Å². The Bertz CT molecular complexity index is 672. The molecular weight excluding hydrogens is 355 g/mol. The molecular formula is C20H26ClFN2O2. The van der Waals surface area contributed by atoms with Gasteiger partial charge in [0.1, 0.15) is 0 Å². The third-order valence-corrected chi connectivity index (χ3v) is 6.74. The number of benzene rings is 1. The smallest absolute Gasteiger partial charge is 0.258 e. The number of rotatable bonds is 4. The number of halogens is 2. The number of amides is 1. The van der Waals surface area contributed by atoms with Crippen LogP contribution in [0.2, 0.25) is 5.02 Å². The Morgan fingerprint density at radius 2 is 2.15 bits per heavy atom. The number of fused-ring (bicyclic) bond motifs is 2. The molecule has 1 aromatic rings. The van der Waals surface area contributed by atoms with Gasteiger partial charge in [0.25, 0.3) is 5.91 Å². The summed E-state index contributed by atoms with van der Waals surface area (Å²) in [4.78, 5) is 15.0. The summed E-state index contributed by atoms with van der Waals surface area (Å²) in [5.74, 6) is -0.452. The molecule has 1 N–H and O–H groups in total. The Morgan fingerprint density at radius 1 is 1.38 bits per heavy atom. The zero-order valence-electron chi connectivity index (χ0n) is 15.1. The molecule has 3 atom stereocenters. The Labute approximate surface area is 159 Å². The number of nitrogens with zero attached hydrogens (tertiary/aromatic N) is 1. The summed E-state index contributed by atoms with van der Waals surface area (Å²) in [6.45, 7) is 3.51. The van der Waals surface area contributed by atoms with Crippen LogP contribution < -0.4 is 5.32 Å². The molecule has 142 valence electrons. The molecule has 6 heteroatoms. The predicted octanol–water partition coefficient (Wildman–Crippen LogP) is 3.39. The number of ether oxygens (including phenoxy) is 1. The highest BCUT2D eigenvalue weighted by Crippen LogP contribution is 2.40. The molecule has 0 spiro atoms. The highest BCUT2D eigenvalue weighted by atomic mass is 35.5. The van der Waals surface area contributed by atoms with Gasteiger partial charge in [-0.2, -0.15) is 0 Å². The zero-order chi connectivity index (χ0) is 18.3. The lowest BCUT2D eigenvalue weighted by molar-refractivity contribution is -0.140. The molecule has 0 aliphatic carbocycles. The molecule has 0 aromatic heterocycles. The normalized spacial score (nSPS) is 30.5. The molecule has 0 saturated carbocycles. The molecule has 2 bridgehead atoms. The fourth-order valence-corrected chi connectivity index (χ4v) is 5.05. The summed E-state index contributed by atoms with van der Waals surface area (Å²) < 4.78 is 20.1. The second kappa shape index (κ2) is 7.10. The van der Waals surface area contributed by atoms with Gasteiger partial charge in [0.05, 0.1) is 13.2 Å². The number of hydrogen-bond donors (Lipinski definition) is 1.